The third-order valence-electron chi connectivity index (χ3n) is 4.68. The molecule has 33 heavy (non-hydrogen) atoms. The number of carbonyl (C=O) groups is 2. The zero-order valence-electron chi connectivity index (χ0n) is 20.3. The number of likely N-dealkylation sites (tertiary alicyclic amines) is 1. The Kier molecular flexibility index (Phi) is 9.07. The van der Waals surface area contributed by atoms with Gasteiger partial charge < -0.3 is 24.4 Å². The van der Waals surface area contributed by atoms with E-state index in [9.17, 15) is 9.59 Å². The number of carbonyl (C=O) groups excluding carboxylic acids is 2. The number of ether oxygens (including phenoxy) is 3. The molecule has 1 unspecified atom stereocenters. The predicted molar refractivity (Wildman–Crippen MR) is 124 cm³/mol. The molecule has 1 aromatic carbocycles. The van der Waals surface area contributed by atoms with Gasteiger partial charge in [0, 0.05) is 25.7 Å². The normalized spacial score (nSPS) is 17.7. The first-order valence-electron chi connectivity index (χ1n) is 11.0. The van der Waals surface area contributed by atoms with Gasteiger partial charge in [0.2, 0.25) is 6.29 Å². The number of benzene rings is 1. The van der Waals surface area contributed by atoms with Crippen molar-refractivity contribution in [1.29, 1.82) is 0 Å². The molecular weight excluding hydrogens is 428 g/mol. The average Bonchev–Trinajstić information content (AvgIpc) is 3.16. The van der Waals surface area contributed by atoms with Crippen LogP contribution in [-0.4, -0.2) is 59.9 Å². The van der Waals surface area contributed by atoms with Gasteiger partial charge in [-0.2, -0.15) is 0 Å². The molecule has 1 aliphatic heterocycles. The van der Waals surface area contributed by atoms with Gasteiger partial charge in [-0.3, -0.25) is 9.83 Å². The zero-order chi connectivity index (χ0) is 24.6. The van der Waals surface area contributed by atoms with Crippen LogP contribution in [0.5, 0.6) is 5.75 Å². The summed E-state index contributed by atoms with van der Waals surface area (Å²) in [4.78, 5) is 35.1. The van der Waals surface area contributed by atoms with Crippen molar-refractivity contribution in [2.45, 2.75) is 77.9 Å². The fourth-order valence-corrected chi connectivity index (χ4v) is 3.06. The minimum atomic E-state index is -0.756. The molecule has 2 rings (SSSR count). The average molecular weight is 465 g/mol. The first kappa shape index (κ1) is 26.4. The van der Waals surface area contributed by atoms with Crippen molar-refractivity contribution in [3.05, 3.63) is 24.3 Å². The minimum absolute atomic E-state index is 0.178. The first-order chi connectivity index (χ1) is 15.4. The summed E-state index contributed by atoms with van der Waals surface area (Å²) >= 11 is 0. The molecule has 1 heterocycles. The largest absolute Gasteiger partial charge is 0.464 e. The molecule has 0 bridgehead atoms. The monoisotopic (exact) mass is 464 g/mol. The van der Waals surface area contributed by atoms with Crippen LogP contribution in [0.4, 0.5) is 15.3 Å². The van der Waals surface area contributed by atoms with Crippen molar-refractivity contribution in [2.24, 2.45) is 10.9 Å². The predicted octanol–water partition coefficient (Wildman–Crippen LogP) is 3.91. The van der Waals surface area contributed by atoms with Crippen LogP contribution >= 0.6 is 0 Å². The number of hydrogen-bond acceptors (Lipinski definition) is 8. The Morgan fingerprint density at radius 1 is 1.21 bits per heavy atom. The molecular formula is C23H36N4O6. The molecule has 10 heteroatoms. The van der Waals surface area contributed by atoms with E-state index in [0.29, 0.717) is 31.7 Å². The molecule has 2 atom stereocenters. The third kappa shape index (κ3) is 9.67. The van der Waals surface area contributed by atoms with Crippen molar-refractivity contribution in [1.82, 2.24) is 10.2 Å². The Hall–Kier alpha value is -2.85. The number of hydrogen-bond donors (Lipinski definition) is 2. The number of nitrogens with one attached hydrogen (secondary N) is 1. The van der Waals surface area contributed by atoms with Gasteiger partial charge in [-0.15, -0.1) is 0 Å². The second kappa shape index (κ2) is 11.3. The number of rotatable bonds is 8. The fraction of sp³-hybridized carbons (Fsp3) is 0.609. The van der Waals surface area contributed by atoms with Crippen LogP contribution in [0.15, 0.2) is 29.3 Å². The minimum Gasteiger partial charge on any atom is -0.464 e. The summed E-state index contributed by atoms with van der Waals surface area (Å²) in [6.45, 7) is 11.7. The quantitative estimate of drug-likeness (QED) is 0.339. The molecule has 10 nitrogen and oxygen atoms in total. The molecule has 1 aromatic rings. The molecule has 1 aliphatic rings. The Morgan fingerprint density at radius 2 is 1.88 bits per heavy atom. The van der Waals surface area contributed by atoms with Gasteiger partial charge in [-0.1, -0.05) is 0 Å². The van der Waals surface area contributed by atoms with E-state index in [0.717, 1.165) is 5.69 Å². The summed E-state index contributed by atoms with van der Waals surface area (Å²) in [6.07, 6.45) is 1.32. The van der Waals surface area contributed by atoms with E-state index in [4.69, 9.17) is 20.1 Å². The summed E-state index contributed by atoms with van der Waals surface area (Å²) in [5, 5.41) is 2.83. The maximum Gasteiger partial charge on any atom is 0.410 e. The van der Waals surface area contributed by atoms with Crippen molar-refractivity contribution >= 4 is 24.1 Å². The van der Waals surface area contributed by atoms with E-state index in [-0.39, 0.29) is 12.1 Å². The van der Waals surface area contributed by atoms with E-state index in [1.54, 1.807) is 42.3 Å². The standard InChI is InChI=1S/C23H36N4O6/c1-16(33-24)30-19-9-7-17(8-10-19)25-13-12-23(5,6)31-20(28)26-18-11-14-27(15-18)21(29)32-22(2,3)4/h7-10,13,16,18H,11-12,14-15,24H2,1-6H3,(H,26,28)/t16-,18?/m0/s1. The smallest absolute Gasteiger partial charge is 0.410 e. The summed E-state index contributed by atoms with van der Waals surface area (Å²) in [6, 6.07) is 6.94. The summed E-state index contributed by atoms with van der Waals surface area (Å²) < 4.78 is 16.4. The van der Waals surface area contributed by atoms with E-state index in [1.165, 1.54) is 0 Å². The lowest BCUT2D eigenvalue weighted by atomic mass is 10.1. The molecule has 3 N–H and O–H groups in total. The van der Waals surface area contributed by atoms with Gasteiger partial charge in [0.25, 0.3) is 0 Å². The number of nitrogens with zero attached hydrogens (tertiary/aromatic N) is 2. The highest BCUT2D eigenvalue weighted by Crippen LogP contribution is 2.21. The van der Waals surface area contributed by atoms with E-state index in [2.05, 4.69) is 15.1 Å². The Morgan fingerprint density at radius 3 is 2.48 bits per heavy atom. The molecule has 0 radical (unpaired) electrons. The van der Waals surface area contributed by atoms with E-state index in [1.807, 2.05) is 34.6 Å². The van der Waals surface area contributed by atoms with Crippen molar-refractivity contribution < 1.29 is 28.6 Å². The van der Waals surface area contributed by atoms with Gasteiger partial charge in [0.15, 0.2) is 0 Å². The number of aliphatic imine (C=N–C) groups is 1. The van der Waals surface area contributed by atoms with Crippen molar-refractivity contribution in [2.75, 3.05) is 13.1 Å². The maximum atomic E-state index is 12.4. The van der Waals surface area contributed by atoms with Crippen LogP contribution in [0.25, 0.3) is 0 Å². The molecule has 0 saturated carbocycles. The van der Waals surface area contributed by atoms with Gasteiger partial charge >= 0.3 is 12.2 Å². The van der Waals surface area contributed by atoms with Gasteiger partial charge in [-0.25, -0.2) is 15.5 Å². The molecule has 1 fully saturated rings. The lowest BCUT2D eigenvalue weighted by Crippen LogP contribution is -2.42. The van der Waals surface area contributed by atoms with Crippen LogP contribution in [0.1, 0.15) is 54.4 Å². The van der Waals surface area contributed by atoms with Gasteiger partial charge in [0.05, 0.1) is 11.7 Å². The lowest BCUT2D eigenvalue weighted by molar-refractivity contribution is -0.0688. The highest BCUT2D eigenvalue weighted by molar-refractivity contribution is 5.71. The van der Waals surface area contributed by atoms with Crippen LogP contribution in [0.2, 0.25) is 0 Å². The molecule has 0 aromatic heterocycles. The summed E-state index contributed by atoms with van der Waals surface area (Å²) in [5.41, 5.74) is -0.577. The highest BCUT2D eigenvalue weighted by atomic mass is 16.7. The second-order valence-electron chi connectivity index (χ2n) is 9.54. The number of alkyl carbamates (subject to hydrolysis) is 1. The van der Waals surface area contributed by atoms with Gasteiger partial charge in [0.1, 0.15) is 17.0 Å². The SMILES string of the molecule is C[C@H](ON)Oc1ccc(N=CCC(C)(C)OC(=O)NC2CCN(C(=O)OC(C)(C)C)C2)cc1. The molecule has 0 aliphatic carbocycles. The van der Waals surface area contributed by atoms with E-state index >= 15 is 0 Å². The molecule has 0 spiro atoms. The lowest BCUT2D eigenvalue weighted by Gasteiger charge is -2.25. The highest BCUT2D eigenvalue weighted by Gasteiger charge is 2.32. The zero-order valence-corrected chi connectivity index (χ0v) is 20.3. The Labute approximate surface area is 195 Å². The van der Waals surface area contributed by atoms with Gasteiger partial charge in [-0.05, 0) is 72.2 Å². The van der Waals surface area contributed by atoms with Crippen molar-refractivity contribution in [3.63, 3.8) is 0 Å². The summed E-state index contributed by atoms with van der Waals surface area (Å²) in [5.74, 6) is 5.68. The second-order valence-corrected chi connectivity index (χ2v) is 9.54. The fourth-order valence-electron chi connectivity index (χ4n) is 3.06. The Balaban J connectivity index is 1.77. The number of nitrogens with two attached hydrogens (primary N) is 1. The van der Waals surface area contributed by atoms with Crippen LogP contribution in [-0.2, 0) is 14.3 Å². The first-order valence-corrected chi connectivity index (χ1v) is 11.0. The molecule has 1 saturated heterocycles. The van der Waals surface area contributed by atoms with Crippen LogP contribution in [0.3, 0.4) is 0 Å². The summed E-state index contributed by atoms with van der Waals surface area (Å²) in [7, 11) is 0. The van der Waals surface area contributed by atoms with E-state index < -0.39 is 23.6 Å². The third-order valence-corrected chi connectivity index (χ3v) is 4.68. The molecule has 2 amide bonds. The number of amides is 2. The molecule has 184 valence electrons. The Bertz CT molecular complexity index is 819. The topological polar surface area (TPSA) is 125 Å². The van der Waals surface area contributed by atoms with Crippen LogP contribution < -0.4 is 16.0 Å². The van der Waals surface area contributed by atoms with Crippen molar-refractivity contribution in [3.8, 4) is 5.75 Å². The van der Waals surface area contributed by atoms with Crippen LogP contribution in [0, 0.1) is 0 Å². The maximum absolute atomic E-state index is 12.4.